The summed E-state index contributed by atoms with van der Waals surface area (Å²) < 4.78 is 5.13. The van der Waals surface area contributed by atoms with Crippen LogP contribution in [0.15, 0.2) is 18.3 Å². The molecule has 2 N–H and O–H groups in total. The fourth-order valence-electron chi connectivity index (χ4n) is 3.80. The van der Waals surface area contributed by atoms with Crippen LogP contribution in [0.2, 0.25) is 0 Å². The van der Waals surface area contributed by atoms with Crippen molar-refractivity contribution in [3.8, 4) is 0 Å². The van der Waals surface area contributed by atoms with Crippen molar-refractivity contribution in [3.63, 3.8) is 0 Å². The second kappa shape index (κ2) is 9.93. The van der Waals surface area contributed by atoms with E-state index in [4.69, 9.17) is 4.74 Å². The number of rotatable bonds is 5. The van der Waals surface area contributed by atoms with E-state index >= 15 is 0 Å². The van der Waals surface area contributed by atoms with Gasteiger partial charge in [-0.15, -0.1) is 12.4 Å². The number of aromatic nitrogens is 1. The van der Waals surface area contributed by atoms with Crippen LogP contribution in [-0.2, 0) is 9.53 Å². The Balaban J connectivity index is 0.00000280. The smallest absolute Gasteiger partial charge is 0.407 e. The fraction of sp³-hybridized carbons (Fsp3) is 0.632. The molecule has 2 aliphatic rings. The lowest BCUT2D eigenvalue weighted by atomic mass is 9.86. The first-order valence-electron chi connectivity index (χ1n) is 9.62. The second-order valence-corrected chi connectivity index (χ2v) is 7.26. The van der Waals surface area contributed by atoms with Crippen molar-refractivity contribution in [2.45, 2.75) is 32.2 Å². The molecular weight excluding hydrogens is 382 g/mol. The minimum Gasteiger partial charge on any atom is -0.450 e. The molecule has 1 aromatic rings. The van der Waals surface area contributed by atoms with Crippen LogP contribution in [0.25, 0.3) is 0 Å². The average Bonchev–Trinajstić information content (AvgIpc) is 2.64. The Bertz CT molecular complexity index is 679. The molecule has 28 heavy (non-hydrogen) atoms. The molecule has 0 aromatic carbocycles. The minimum absolute atomic E-state index is 0. The number of ether oxygens (including phenoxy) is 1. The molecule has 2 fully saturated rings. The quantitative estimate of drug-likeness (QED) is 0.760. The summed E-state index contributed by atoms with van der Waals surface area (Å²) >= 11 is 0. The van der Waals surface area contributed by atoms with Gasteiger partial charge < -0.3 is 25.2 Å². The number of piperidine rings is 1. The summed E-state index contributed by atoms with van der Waals surface area (Å²) in [4.78, 5) is 32.8. The number of nitrogens with zero attached hydrogens (tertiary/aromatic N) is 3. The van der Waals surface area contributed by atoms with Crippen molar-refractivity contribution < 1.29 is 14.3 Å². The molecule has 156 valence electrons. The molecule has 0 unspecified atom stereocenters. The highest BCUT2D eigenvalue weighted by atomic mass is 35.5. The summed E-state index contributed by atoms with van der Waals surface area (Å²) in [5.41, 5.74) is 1.67. The summed E-state index contributed by atoms with van der Waals surface area (Å²) in [5, 5.41) is 6.16. The zero-order chi connectivity index (χ0) is 19.3. The number of piperazine rings is 1. The second-order valence-electron chi connectivity index (χ2n) is 7.26. The van der Waals surface area contributed by atoms with Crippen LogP contribution in [0.4, 0.5) is 10.5 Å². The molecule has 3 heterocycles. The molecule has 3 rings (SSSR count). The number of carbonyl (C=O) groups excluding carboxylic acids is 2. The Labute approximate surface area is 172 Å². The first-order chi connectivity index (χ1) is 13.0. The molecule has 1 aromatic heterocycles. The third-order valence-electron chi connectivity index (χ3n) is 5.29. The lowest BCUT2D eigenvalue weighted by molar-refractivity contribution is -0.133. The number of hydrogen-bond donors (Lipinski definition) is 2. The monoisotopic (exact) mass is 411 g/mol. The number of pyridine rings is 1. The van der Waals surface area contributed by atoms with Crippen LogP contribution in [0, 0.1) is 6.92 Å². The lowest BCUT2D eigenvalue weighted by Crippen LogP contribution is -2.63. The van der Waals surface area contributed by atoms with E-state index < -0.39 is 11.6 Å². The van der Waals surface area contributed by atoms with Crippen LogP contribution in [0.1, 0.15) is 25.5 Å². The lowest BCUT2D eigenvalue weighted by Gasteiger charge is -2.45. The highest BCUT2D eigenvalue weighted by Crippen LogP contribution is 2.28. The molecule has 9 heteroatoms. The van der Waals surface area contributed by atoms with Gasteiger partial charge in [-0.3, -0.25) is 9.78 Å². The van der Waals surface area contributed by atoms with Crippen LogP contribution in [-0.4, -0.2) is 73.3 Å². The number of aryl methyl sites for hydroxylation is 1. The highest BCUT2D eigenvalue weighted by Gasteiger charge is 2.39. The van der Waals surface area contributed by atoms with Crippen molar-refractivity contribution in [1.82, 2.24) is 20.5 Å². The van der Waals surface area contributed by atoms with E-state index in [1.165, 1.54) is 0 Å². The van der Waals surface area contributed by atoms with Gasteiger partial charge in [0.2, 0.25) is 5.91 Å². The maximum Gasteiger partial charge on any atom is 0.407 e. The van der Waals surface area contributed by atoms with E-state index in [-0.39, 0.29) is 18.3 Å². The van der Waals surface area contributed by atoms with Gasteiger partial charge >= 0.3 is 6.09 Å². The summed E-state index contributed by atoms with van der Waals surface area (Å²) in [6.07, 6.45) is 2.92. The Morgan fingerprint density at radius 3 is 2.75 bits per heavy atom. The zero-order valence-electron chi connectivity index (χ0n) is 16.6. The van der Waals surface area contributed by atoms with Gasteiger partial charge in [0.05, 0.1) is 18.7 Å². The van der Waals surface area contributed by atoms with Crippen LogP contribution in [0.5, 0.6) is 0 Å². The van der Waals surface area contributed by atoms with Crippen molar-refractivity contribution >= 4 is 30.1 Å². The van der Waals surface area contributed by atoms with Crippen LogP contribution < -0.4 is 15.5 Å². The Hall–Kier alpha value is -2.06. The molecule has 0 aliphatic carbocycles. The average molecular weight is 412 g/mol. The summed E-state index contributed by atoms with van der Waals surface area (Å²) in [6.45, 7) is 8.04. The Morgan fingerprint density at radius 1 is 1.36 bits per heavy atom. The maximum atomic E-state index is 12.2. The summed E-state index contributed by atoms with van der Waals surface area (Å²) in [7, 11) is 0. The van der Waals surface area contributed by atoms with Crippen LogP contribution >= 0.6 is 12.4 Å². The van der Waals surface area contributed by atoms with Gasteiger partial charge in [0.1, 0.15) is 0 Å². The molecule has 2 amide bonds. The normalized spacial score (nSPS) is 19.0. The van der Waals surface area contributed by atoms with Gasteiger partial charge in [-0.25, -0.2) is 4.79 Å². The van der Waals surface area contributed by atoms with Gasteiger partial charge in [-0.2, -0.15) is 0 Å². The number of alkyl carbamates (subject to hydrolysis) is 1. The number of amides is 2. The molecule has 0 saturated carbocycles. The number of halogens is 1. The predicted molar refractivity (Wildman–Crippen MR) is 110 cm³/mol. The van der Waals surface area contributed by atoms with E-state index in [2.05, 4.69) is 26.6 Å². The Kier molecular flexibility index (Phi) is 7.88. The third-order valence-corrected chi connectivity index (χ3v) is 5.29. The fourth-order valence-corrected chi connectivity index (χ4v) is 3.80. The van der Waals surface area contributed by atoms with Gasteiger partial charge in [-0.1, -0.05) is 0 Å². The molecule has 0 radical (unpaired) electrons. The number of anilines is 1. The summed E-state index contributed by atoms with van der Waals surface area (Å²) in [6, 6.07) is 4.09. The number of nitrogens with one attached hydrogen (secondary N) is 2. The maximum absolute atomic E-state index is 12.2. The first kappa shape index (κ1) is 22.2. The predicted octanol–water partition coefficient (Wildman–Crippen LogP) is 1.33. The first-order valence-corrected chi connectivity index (χ1v) is 9.62. The van der Waals surface area contributed by atoms with Crippen molar-refractivity contribution in [1.29, 1.82) is 0 Å². The van der Waals surface area contributed by atoms with E-state index in [1.54, 1.807) is 6.92 Å². The highest BCUT2D eigenvalue weighted by molar-refractivity contribution is 5.85. The summed E-state index contributed by atoms with van der Waals surface area (Å²) in [5.74, 6) is 0.0819. The topological polar surface area (TPSA) is 86.8 Å². The van der Waals surface area contributed by atoms with Crippen molar-refractivity contribution in [2.75, 3.05) is 50.8 Å². The molecule has 0 atom stereocenters. The Morgan fingerprint density at radius 2 is 2.11 bits per heavy atom. The van der Waals surface area contributed by atoms with Gasteiger partial charge in [-0.05, 0) is 38.8 Å². The molecule has 2 saturated heterocycles. The largest absolute Gasteiger partial charge is 0.450 e. The van der Waals surface area contributed by atoms with Gasteiger partial charge in [0, 0.05) is 50.3 Å². The SMILES string of the molecule is CCOC(=O)NC1(CN2CCNCC2=O)CCN(c2ccnc(C)c2)CC1.Cl. The number of hydrogen-bond acceptors (Lipinski definition) is 6. The van der Waals surface area contributed by atoms with Crippen LogP contribution in [0.3, 0.4) is 0 Å². The van der Waals surface area contributed by atoms with E-state index in [1.807, 2.05) is 24.1 Å². The van der Waals surface area contributed by atoms with E-state index in [0.717, 1.165) is 43.9 Å². The standard InChI is InChI=1S/C19H29N5O3.ClH/c1-3-27-18(26)22-19(14-24-11-8-20-13-17(24)25)5-9-23(10-6-19)16-4-7-21-15(2)12-16;/h4,7,12,20H,3,5-6,8-11,13-14H2,1-2H3,(H,22,26);1H. The van der Waals surface area contributed by atoms with Crippen molar-refractivity contribution in [2.24, 2.45) is 0 Å². The third kappa shape index (κ3) is 5.48. The molecule has 8 nitrogen and oxygen atoms in total. The molecule has 2 aliphatic heterocycles. The van der Waals surface area contributed by atoms with Gasteiger partial charge in [0.25, 0.3) is 0 Å². The van der Waals surface area contributed by atoms with E-state index in [9.17, 15) is 9.59 Å². The van der Waals surface area contributed by atoms with E-state index in [0.29, 0.717) is 26.2 Å². The van der Waals surface area contributed by atoms with Gasteiger partial charge in [0.15, 0.2) is 0 Å². The zero-order valence-corrected chi connectivity index (χ0v) is 17.4. The number of carbonyl (C=O) groups is 2. The molecule has 0 spiro atoms. The molecule has 0 bridgehead atoms. The minimum atomic E-state index is -0.460. The van der Waals surface area contributed by atoms with Crippen molar-refractivity contribution in [3.05, 3.63) is 24.0 Å². The molecular formula is C19H30ClN5O3.